The minimum atomic E-state index is 0.378. The Morgan fingerprint density at radius 1 is 1.73 bits per heavy atom. The van der Waals surface area contributed by atoms with Gasteiger partial charge in [0.15, 0.2) is 0 Å². The van der Waals surface area contributed by atoms with Crippen LogP contribution in [0.2, 0.25) is 0 Å². The van der Waals surface area contributed by atoms with Crippen molar-refractivity contribution in [3.8, 4) is 0 Å². The standard InChI is InChI=1S/C9H14OS/c1-7(10)4-8-5-9(8)2-3-11-6-9/h8H,2-6H2,1H3. The summed E-state index contributed by atoms with van der Waals surface area (Å²) in [6, 6.07) is 0. The Balaban J connectivity index is 1.88. The van der Waals surface area contributed by atoms with Gasteiger partial charge in [0.25, 0.3) is 0 Å². The Morgan fingerprint density at radius 2 is 2.55 bits per heavy atom. The summed E-state index contributed by atoms with van der Waals surface area (Å²) >= 11 is 2.06. The molecule has 2 heteroatoms. The van der Waals surface area contributed by atoms with Crippen LogP contribution in [0.1, 0.15) is 26.2 Å². The molecule has 11 heavy (non-hydrogen) atoms. The molecule has 1 nitrogen and oxygen atoms in total. The third kappa shape index (κ3) is 1.33. The fourth-order valence-electron chi connectivity index (χ4n) is 2.17. The third-order valence-electron chi connectivity index (χ3n) is 3.03. The molecule has 1 saturated carbocycles. The molecule has 2 atom stereocenters. The van der Waals surface area contributed by atoms with E-state index in [4.69, 9.17) is 0 Å². The Morgan fingerprint density at radius 3 is 3.09 bits per heavy atom. The molecule has 1 saturated heterocycles. The Kier molecular flexibility index (Phi) is 1.75. The highest BCUT2D eigenvalue weighted by atomic mass is 32.2. The predicted octanol–water partition coefficient (Wildman–Crippen LogP) is 2.11. The molecule has 0 radical (unpaired) electrons. The zero-order valence-electron chi connectivity index (χ0n) is 6.93. The van der Waals surface area contributed by atoms with Crippen LogP contribution in [0.15, 0.2) is 0 Å². The second-order valence-corrected chi connectivity index (χ2v) is 5.08. The van der Waals surface area contributed by atoms with E-state index in [-0.39, 0.29) is 0 Å². The summed E-state index contributed by atoms with van der Waals surface area (Å²) in [5.74, 6) is 3.79. The maximum absolute atomic E-state index is 10.8. The van der Waals surface area contributed by atoms with Gasteiger partial charge in [0.05, 0.1) is 0 Å². The summed E-state index contributed by atoms with van der Waals surface area (Å²) in [6.07, 6.45) is 3.55. The van der Waals surface area contributed by atoms with Crippen LogP contribution in [-0.2, 0) is 4.79 Å². The molecule has 2 unspecified atom stereocenters. The van der Waals surface area contributed by atoms with Crippen molar-refractivity contribution < 1.29 is 4.79 Å². The molecule has 2 rings (SSSR count). The van der Waals surface area contributed by atoms with Gasteiger partial charge in [-0.1, -0.05) is 0 Å². The van der Waals surface area contributed by atoms with Crippen LogP contribution in [0.3, 0.4) is 0 Å². The molecule has 0 N–H and O–H groups in total. The summed E-state index contributed by atoms with van der Waals surface area (Å²) in [4.78, 5) is 10.8. The van der Waals surface area contributed by atoms with Gasteiger partial charge in [-0.2, -0.15) is 11.8 Å². The summed E-state index contributed by atoms with van der Waals surface area (Å²) in [5, 5.41) is 0. The van der Waals surface area contributed by atoms with E-state index in [1.54, 1.807) is 6.92 Å². The van der Waals surface area contributed by atoms with Gasteiger partial charge in [-0.3, -0.25) is 0 Å². The SMILES string of the molecule is CC(=O)CC1CC12CCSC2. The number of ketones is 1. The highest BCUT2D eigenvalue weighted by Gasteiger charge is 2.55. The van der Waals surface area contributed by atoms with Crippen molar-refractivity contribution in [2.75, 3.05) is 11.5 Å². The van der Waals surface area contributed by atoms with Gasteiger partial charge < -0.3 is 4.79 Å². The lowest BCUT2D eigenvalue weighted by Crippen LogP contribution is -2.04. The predicted molar refractivity (Wildman–Crippen MR) is 47.8 cm³/mol. The largest absolute Gasteiger partial charge is 0.300 e. The van der Waals surface area contributed by atoms with Crippen LogP contribution < -0.4 is 0 Å². The number of hydrogen-bond donors (Lipinski definition) is 0. The lowest BCUT2D eigenvalue weighted by Gasteiger charge is -2.04. The highest BCUT2D eigenvalue weighted by molar-refractivity contribution is 7.99. The molecule has 0 amide bonds. The second kappa shape index (κ2) is 2.51. The minimum absolute atomic E-state index is 0.378. The van der Waals surface area contributed by atoms with Crippen LogP contribution in [0.5, 0.6) is 0 Å². The fourth-order valence-corrected chi connectivity index (χ4v) is 3.77. The van der Waals surface area contributed by atoms with Crippen molar-refractivity contribution in [1.29, 1.82) is 0 Å². The zero-order valence-corrected chi connectivity index (χ0v) is 7.75. The Hall–Kier alpha value is 0.0200. The fraction of sp³-hybridized carbons (Fsp3) is 0.889. The maximum Gasteiger partial charge on any atom is 0.130 e. The van der Waals surface area contributed by atoms with Crippen LogP contribution >= 0.6 is 11.8 Å². The first-order chi connectivity index (χ1) is 5.23. The van der Waals surface area contributed by atoms with E-state index in [2.05, 4.69) is 11.8 Å². The topological polar surface area (TPSA) is 17.1 Å². The van der Waals surface area contributed by atoms with Crippen LogP contribution in [0.25, 0.3) is 0 Å². The van der Waals surface area contributed by atoms with E-state index < -0.39 is 0 Å². The maximum atomic E-state index is 10.8. The van der Waals surface area contributed by atoms with Gasteiger partial charge >= 0.3 is 0 Å². The van der Waals surface area contributed by atoms with Gasteiger partial charge in [0, 0.05) is 6.42 Å². The smallest absolute Gasteiger partial charge is 0.130 e. The zero-order chi connectivity index (χ0) is 7.90. The van der Waals surface area contributed by atoms with E-state index in [0.717, 1.165) is 12.3 Å². The molecule has 2 aliphatic rings. The monoisotopic (exact) mass is 170 g/mol. The van der Waals surface area contributed by atoms with Crippen molar-refractivity contribution in [3.63, 3.8) is 0 Å². The van der Waals surface area contributed by atoms with Crippen LogP contribution in [0, 0.1) is 11.3 Å². The third-order valence-corrected chi connectivity index (χ3v) is 4.30. The van der Waals surface area contributed by atoms with E-state index in [1.807, 2.05) is 0 Å². The first kappa shape index (κ1) is 7.66. The van der Waals surface area contributed by atoms with Gasteiger partial charge in [-0.15, -0.1) is 0 Å². The van der Waals surface area contributed by atoms with E-state index >= 15 is 0 Å². The Labute approximate surface area is 71.9 Å². The van der Waals surface area contributed by atoms with E-state index in [9.17, 15) is 4.79 Å². The molecule has 2 fully saturated rings. The van der Waals surface area contributed by atoms with E-state index in [0.29, 0.717) is 11.2 Å². The van der Waals surface area contributed by atoms with Gasteiger partial charge in [-0.05, 0) is 42.6 Å². The lowest BCUT2D eigenvalue weighted by atomic mass is 10.0. The number of thioether (sulfide) groups is 1. The van der Waals surface area contributed by atoms with Gasteiger partial charge in [0.1, 0.15) is 5.78 Å². The number of rotatable bonds is 2. The van der Waals surface area contributed by atoms with Crippen LogP contribution in [0.4, 0.5) is 0 Å². The molecule has 1 spiro atoms. The van der Waals surface area contributed by atoms with Crippen molar-refractivity contribution in [3.05, 3.63) is 0 Å². The molecule has 0 aromatic heterocycles. The first-order valence-electron chi connectivity index (χ1n) is 4.30. The molecule has 1 aliphatic carbocycles. The summed E-state index contributed by atoms with van der Waals surface area (Å²) < 4.78 is 0. The number of carbonyl (C=O) groups is 1. The molecule has 0 bridgehead atoms. The van der Waals surface area contributed by atoms with Crippen molar-refractivity contribution in [2.24, 2.45) is 11.3 Å². The molecule has 0 aromatic rings. The number of Topliss-reactive ketones (excluding diaryl/α,β-unsaturated/α-hetero) is 1. The molecule has 62 valence electrons. The summed E-state index contributed by atoms with van der Waals surface area (Å²) in [7, 11) is 0. The summed E-state index contributed by atoms with van der Waals surface area (Å²) in [5.41, 5.74) is 0.635. The Bertz CT molecular complexity index is 182. The van der Waals surface area contributed by atoms with Crippen LogP contribution in [-0.4, -0.2) is 17.3 Å². The second-order valence-electron chi connectivity index (χ2n) is 3.97. The van der Waals surface area contributed by atoms with Gasteiger partial charge in [-0.25, -0.2) is 0 Å². The number of carbonyl (C=O) groups excluding carboxylic acids is 1. The summed E-state index contributed by atoms with van der Waals surface area (Å²) in [6.45, 7) is 1.72. The molecular formula is C9H14OS. The highest BCUT2D eigenvalue weighted by Crippen LogP contribution is 2.62. The number of hydrogen-bond acceptors (Lipinski definition) is 2. The van der Waals surface area contributed by atoms with Gasteiger partial charge in [0.2, 0.25) is 0 Å². The molecule has 1 heterocycles. The van der Waals surface area contributed by atoms with Crippen molar-refractivity contribution in [1.82, 2.24) is 0 Å². The van der Waals surface area contributed by atoms with Crippen molar-refractivity contribution >= 4 is 17.5 Å². The van der Waals surface area contributed by atoms with Crippen molar-refractivity contribution in [2.45, 2.75) is 26.2 Å². The minimum Gasteiger partial charge on any atom is -0.300 e. The molecular weight excluding hydrogens is 156 g/mol. The molecule has 0 aromatic carbocycles. The normalized spacial score (nSPS) is 41.4. The molecule has 1 aliphatic heterocycles. The van der Waals surface area contributed by atoms with E-state index in [1.165, 1.54) is 24.3 Å². The average molecular weight is 170 g/mol. The first-order valence-corrected chi connectivity index (χ1v) is 5.46. The quantitative estimate of drug-likeness (QED) is 0.631. The average Bonchev–Trinajstić information content (AvgIpc) is 2.43. The lowest BCUT2D eigenvalue weighted by molar-refractivity contribution is -0.117.